The van der Waals surface area contributed by atoms with Crippen LogP contribution in [0.25, 0.3) is 11.0 Å². The van der Waals surface area contributed by atoms with Gasteiger partial charge in [0.25, 0.3) is 0 Å². The molecule has 0 spiro atoms. The normalized spacial score (nSPS) is 17.0. The van der Waals surface area contributed by atoms with Crippen LogP contribution in [0.2, 0.25) is 0 Å². The van der Waals surface area contributed by atoms with Gasteiger partial charge in [-0.25, -0.2) is 9.37 Å². The molecule has 1 atom stereocenters. The highest BCUT2D eigenvalue weighted by Crippen LogP contribution is 2.33. The summed E-state index contributed by atoms with van der Waals surface area (Å²) in [6.45, 7) is 0.911. The highest BCUT2D eigenvalue weighted by atomic mass is 79.9. The Morgan fingerprint density at radius 2 is 2.14 bits per heavy atom. The lowest BCUT2D eigenvalue weighted by molar-refractivity contribution is 0.623. The molecular formula is C16H13BrFN3. The Balaban J connectivity index is 1.66. The van der Waals surface area contributed by atoms with Crippen LogP contribution in [-0.4, -0.2) is 16.5 Å². The zero-order valence-electron chi connectivity index (χ0n) is 11.2. The van der Waals surface area contributed by atoms with E-state index >= 15 is 0 Å². The highest BCUT2D eigenvalue weighted by Gasteiger charge is 2.23. The topological polar surface area (TPSA) is 40.7 Å². The van der Waals surface area contributed by atoms with E-state index < -0.39 is 0 Å². The molecule has 2 heterocycles. The molecule has 0 radical (unpaired) electrons. The van der Waals surface area contributed by atoms with Crippen LogP contribution in [0.3, 0.4) is 0 Å². The molecule has 1 aliphatic rings. The van der Waals surface area contributed by atoms with Crippen LogP contribution in [0.1, 0.15) is 17.3 Å². The van der Waals surface area contributed by atoms with Crippen LogP contribution < -0.4 is 5.32 Å². The summed E-state index contributed by atoms with van der Waals surface area (Å²) < 4.78 is 14.0. The Morgan fingerprint density at radius 3 is 3.05 bits per heavy atom. The fourth-order valence-corrected chi connectivity index (χ4v) is 3.26. The first-order valence-corrected chi connectivity index (χ1v) is 7.66. The van der Waals surface area contributed by atoms with E-state index in [1.807, 2.05) is 6.07 Å². The average Bonchev–Trinajstić information content (AvgIpc) is 3.04. The van der Waals surface area contributed by atoms with E-state index in [0.717, 1.165) is 29.8 Å². The van der Waals surface area contributed by atoms with Crippen LogP contribution in [-0.2, 0) is 6.42 Å². The first-order chi connectivity index (χ1) is 10.2. The maximum absolute atomic E-state index is 13.6. The number of rotatable bonds is 2. The molecule has 2 N–H and O–H groups in total. The van der Waals surface area contributed by atoms with Crippen LogP contribution >= 0.6 is 15.9 Å². The summed E-state index contributed by atoms with van der Waals surface area (Å²) in [5, 5.41) is 3.41. The standard InChI is InChI=1S/C16H13BrFN3/c17-11-6-14-15(7-12(11)18)21-16(20-14)5-9-8-19-13-4-2-1-3-10(9)13/h1-4,6-7,9,19H,5,8H2,(H,20,21). The fraction of sp³-hybridized carbons (Fsp3) is 0.188. The van der Waals surface area contributed by atoms with Crippen molar-refractivity contribution in [1.29, 1.82) is 0 Å². The molecule has 5 heteroatoms. The second kappa shape index (κ2) is 4.84. The molecule has 0 saturated carbocycles. The Hall–Kier alpha value is -1.88. The second-order valence-corrected chi connectivity index (χ2v) is 6.19. The molecule has 3 nitrogen and oxygen atoms in total. The molecule has 0 saturated heterocycles. The van der Waals surface area contributed by atoms with Gasteiger partial charge in [0.05, 0.1) is 15.5 Å². The molecule has 21 heavy (non-hydrogen) atoms. The summed E-state index contributed by atoms with van der Waals surface area (Å²) in [5.74, 6) is 1.02. The molecule has 1 aromatic heterocycles. The minimum Gasteiger partial charge on any atom is -0.384 e. The van der Waals surface area contributed by atoms with Gasteiger partial charge in [-0.2, -0.15) is 0 Å². The van der Waals surface area contributed by atoms with Gasteiger partial charge in [-0.05, 0) is 33.6 Å². The fourth-order valence-electron chi connectivity index (χ4n) is 2.93. The number of imidazole rings is 1. The first kappa shape index (κ1) is 12.8. The number of nitrogens with zero attached hydrogens (tertiary/aromatic N) is 1. The van der Waals surface area contributed by atoms with Gasteiger partial charge in [-0.3, -0.25) is 0 Å². The third kappa shape index (κ3) is 2.21. The van der Waals surface area contributed by atoms with Gasteiger partial charge in [-0.15, -0.1) is 0 Å². The molecule has 1 aliphatic heterocycles. The zero-order valence-corrected chi connectivity index (χ0v) is 12.7. The SMILES string of the molecule is Fc1cc2[nH]c(CC3CNc4ccccc43)nc2cc1Br. The van der Waals surface area contributed by atoms with Crippen molar-refractivity contribution >= 4 is 32.7 Å². The summed E-state index contributed by atoms with van der Waals surface area (Å²) in [7, 11) is 0. The molecule has 3 aromatic rings. The van der Waals surface area contributed by atoms with Gasteiger partial charge in [0.15, 0.2) is 0 Å². The molecule has 1 unspecified atom stereocenters. The summed E-state index contributed by atoms with van der Waals surface area (Å²) in [4.78, 5) is 7.79. The number of H-pyrrole nitrogens is 1. The summed E-state index contributed by atoms with van der Waals surface area (Å²) in [6, 6.07) is 11.5. The van der Waals surface area contributed by atoms with Gasteiger partial charge in [-0.1, -0.05) is 18.2 Å². The Bertz CT molecular complexity index is 789. The Labute approximate surface area is 129 Å². The van der Waals surface area contributed by atoms with E-state index in [2.05, 4.69) is 49.4 Å². The molecule has 0 fully saturated rings. The predicted octanol–water partition coefficient (Wildman–Crippen LogP) is 4.22. The smallest absolute Gasteiger partial charge is 0.139 e. The molecule has 2 aromatic carbocycles. The number of aromatic amines is 1. The lowest BCUT2D eigenvalue weighted by Crippen LogP contribution is -2.06. The number of halogens is 2. The van der Waals surface area contributed by atoms with Crippen molar-refractivity contribution in [3.63, 3.8) is 0 Å². The summed E-state index contributed by atoms with van der Waals surface area (Å²) >= 11 is 3.20. The second-order valence-electron chi connectivity index (χ2n) is 5.34. The van der Waals surface area contributed by atoms with Crippen LogP contribution in [0.4, 0.5) is 10.1 Å². The lowest BCUT2D eigenvalue weighted by atomic mass is 9.98. The predicted molar refractivity (Wildman–Crippen MR) is 85.1 cm³/mol. The van der Waals surface area contributed by atoms with Crippen LogP contribution in [0.5, 0.6) is 0 Å². The van der Waals surface area contributed by atoms with Crippen molar-refractivity contribution in [2.45, 2.75) is 12.3 Å². The van der Waals surface area contributed by atoms with E-state index in [4.69, 9.17) is 0 Å². The molecular weight excluding hydrogens is 333 g/mol. The molecule has 0 bridgehead atoms. The van der Waals surface area contributed by atoms with Gasteiger partial charge in [0.2, 0.25) is 0 Å². The minimum atomic E-state index is -0.273. The van der Waals surface area contributed by atoms with Crippen LogP contribution in [0.15, 0.2) is 40.9 Å². The number of fused-ring (bicyclic) bond motifs is 2. The van der Waals surface area contributed by atoms with Gasteiger partial charge >= 0.3 is 0 Å². The highest BCUT2D eigenvalue weighted by molar-refractivity contribution is 9.10. The number of nitrogens with one attached hydrogen (secondary N) is 2. The molecule has 4 rings (SSSR count). The first-order valence-electron chi connectivity index (χ1n) is 6.87. The van der Waals surface area contributed by atoms with E-state index in [-0.39, 0.29) is 5.82 Å². The lowest BCUT2D eigenvalue weighted by Gasteiger charge is -2.07. The monoisotopic (exact) mass is 345 g/mol. The number of aromatic nitrogens is 2. The third-order valence-corrected chi connectivity index (χ3v) is 4.56. The van der Waals surface area contributed by atoms with Crippen LogP contribution in [0, 0.1) is 5.82 Å². The van der Waals surface area contributed by atoms with Crippen molar-refractivity contribution in [1.82, 2.24) is 9.97 Å². The Morgan fingerprint density at radius 1 is 1.29 bits per heavy atom. The van der Waals surface area contributed by atoms with E-state index in [1.54, 1.807) is 6.07 Å². The van der Waals surface area contributed by atoms with Crippen molar-refractivity contribution in [2.75, 3.05) is 11.9 Å². The average molecular weight is 346 g/mol. The molecule has 0 amide bonds. The third-order valence-electron chi connectivity index (χ3n) is 3.95. The number of hydrogen-bond donors (Lipinski definition) is 2. The van der Waals surface area contributed by atoms with Gasteiger partial charge in [0.1, 0.15) is 11.6 Å². The molecule has 0 aliphatic carbocycles. The van der Waals surface area contributed by atoms with E-state index in [1.165, 1.54) is 17.3 Å². The summed E-state index contributed by atoms with van der Waals surface area (Å²) in [5.41, 5.74) is 4.06. The number of anilines is 1. The van der Waals surface area contributed by atoms with Gasteiger partial charge in [0, 0.05) is 30.6 Å². The minimum absolute atomic E-state index is 0.273. The molecule has 106 valence electrons. The van der Waals surface area contributed by atoms with Crippen molar-refractivity contribution in [3.05, 3.63) is 58.1 Å². The number of benzene rings is 2. The van der Waals surface area contributed by atoms with Gasteiger partial charge < -0.3 is 10.3 Å². The largest absolute Gasteiger partial charge is 0.384 e. The van der Waals surface area contributed by atoms with E-state index in [9.17, 15) is 4.39 Å². The quantitative estimate of drug-likeness (QED) is 0.730. The van der Waals surface area contributed by atoms with Crippen molar-refractivity contribution in [2.24, 2.45) is 0 Å². The zero-order chi connectivity index (χ0) is 14.4. The maximum Gasteiger partial charge on any atom is 0.139 e. The number of para-hydroxylation sites is 1. The Kier molecular flexibility index (Phi) is 2.96. The van der Waals surface area contributed by atoms with Crippen molar-refractivity contribution in [3.8, 4) is 0 Å². The van der Waals surface area contributed by atoms with Crippen molar-refractivity contribution < 1.29 is 4.39 Å². The van der Waals surface area contributed by atoms with E-state index in [0.29, 0.717) is 10.4 Å². The maximum atomic E-state index is 13.6. The number of hydrogen-bond acceptors (Lipinski definition) is 2. The summed E-state index contributed by atoms with van der Waals surface area (Å²) in [6.07, 6.45) is 0.817.